The standard InChI is InChI=1S/C23H25NO4/c25-22(26)14-24-11-9-23(10-12-24)15-27-21-13-17(6-7-19(21)23)28-20-8-5-16-3-1-2-4-18(16)20/h1-4,6-7,13,20H,5,8-12,14-15H2,(H,25,26)/t20-/m1/s1. The van der Waals surface area contributed by atoms with Crippen molar-refractivity contribution in [1.29, 1.82) is 0 Å². The topological polar surface area (TPSA) is 59.0 Å². The summed E-state index contributed by atoms with van der Waals surface area (Å²) in [6.07, 6.45) is 4.06. The summed E-state index contributed by atoms with van der Waals surface area (Å²) in [5.74, 6) is 1.03. The summed E-state index contributed by atoms with van der Waals surface area (Å²) in [5, 5.41) is 9.01. The quantitative estimate of drug-likeness (QED) is 0.880. The molecule has 5 rings (SSSR count). The Morgan fingerprint density at radius 2 is 2.04 bits per heavy atom. The maximum absolute atomic E-state index is 11.0. The van der Waals surface area contributed by atoms with Crippen LogP contribution in [0.2, 0.25) is 0 Å². The van der Waals surface area contributed by atoms with Gasteiger partial charge in [0.05, 0.1) is 13.2 Å². The SMILES string of the molecule is O=C(O)CN1CCC2(CC1)COc1cc(O[C@@H]3CCc4ccccc43)ccc12. The van der Waals surface area contributed by atoms with Gasteiger partial charge in [-0.15, -0.1) is 0 Å². The van der Waals surface area contributed by atoms with E-state index in [2.05, 4.69) is 36.4 Å². The molecule has 0 saturated carbocycles. The Balaban J connectivity index is 1.31. The number of fused-ring (bicyclic) bond motifs is 3. The summed E-state index contributed by atoms with van der Waals surface area (Å²) < 4.78 is 12.4. The highest BCUT2D eigenvalue weighted by molar-refractivity contribution is 5.69. The van der Waals surface area contributed by atoms with Gasteiger partial charge in [-0.1, -0.05) is 30.3 Å². The van der Waals surface area contributed by atoms with Crippen LogP contribution in [0.25, 0.3) is 0 Å². The summed E-state index contributed by atoms with van der Waals surface area (Å²) in [7, 11) is 0. The van der Waals surface area contributed by atoms with Crippen LogP contribution in [0.4, 0.5) is 0 Å². The number of ether oxygens (including phenoxy) is 2. The third-order valence-electron chi connectivity index (χ3n) is 6.56. The molecule has 0 aromatic heterocycles. The maximum atomic E-state index is 11.0. The van der Waals surface area contributed by atoms with Crippen molar-refractivity contribution in [3.05, 3.63) is 59.2 Å². The molecule has 28 heavy (non-hydrogen) atoms. The third kappa shape index (κ3) is 3.04. The molecule has 146 valence electrons. The van der Waals surface area contributed by atoms with Crippen LogP contribution in [-0.2, 0) is 16.6 Å². The molecule has 5 heteroatoms. The first-order chi connectivity index (χ1) is 13.6. The molecule has 1 N–H and O–H groups in total. The molecule has 1 atom stereocenters. The number of carbonyl (C=O) groups is 1. The molecule has 2 heterocycles. The van der Waals surface area contributed by atoms with Crippen LogP contribution >= 0.6 is 0 Å². The first kappa shape index (κ1) is 17.6. The molecule has 0 bridgehead atoms. The van der Waals surface area contributed by atoms with Crippen molar-refractivity contribution >= 4 is 5.97 Å². The van der Waals surface area contributed by atoms with Crippen LogP contribution in [0, 0.1) is 0 Å². The Morgan fingerprint density at radius 3 is 2.86 bits per heavy atom. The highest BCUT2D eigenvalue weighted by Gasteiger charge is 2.43. The normalized spacial score (nSPS) is 22.5. The second kappa shape index (κ2) is 6.82. The number of nitrogens with zero attached hydrogens (tertiary/aromatic N) is 1. The number of carboxylic acid groups (broad SMARTS) is 1. The van der Waals surface area contributed by atoms with Gasteiger partial charge in [0.15, 0.2) is 0 Å². The molecule has 3 aliphatic rings. The van der Waals surface area contributed by atoms with E-state index in [4.69, 9.17) is 14.6 Å². The fourth-order valence-electron chi connectivity index (χ4n) is 4.98. The number of likely N-dealkylation sites (tertiary alicyclic amines) is 1. The number of aliphatic carboxylic acids is 1. The number of benzene rings is 2. The molecule has 1 saturated heterocycles. The lowest BCUT2D eigenvalue weighted by Crippen LogP contribution is -2.45. The van der Waals surface area contributed by atoms with Crippen molar-refractivity contribution in [3.63, 3.8) is 0 Å². The van der Waals surface area contributed by atoms with Gasteiger partial charge >= 0.3 is 5.97 Å². The molecule has 2 aromatic rings. The van der Waals surface area contributed by atoms with Crippen molar-refractivity contribution < 1.29 is 19.4 Å². The summed E-state index contributed by atoms with van der Waals surface area (Å²) in [5.41, 5.74) is 3.95. The Morgan fingerprint density at radius 1 is 1.21 bits per heavy atom. The Kier molecular flexibility index (Phi) is 4.27. The van der Waals surface area contributed by atoms with Crippen LogP contribution in [0.3, 0.4) is 0 Å². The minimum absolute atomic E-state index is 0.0167. The van der Waals surface area contributed by atoms with Crippen LogP contribution < -0.4 is 9.47 Å². The first-order valence-electron chi connectivity index (χ1n) is 10.1. The molecular weight excluding hydrogens is 354 g/mol. The van der Waals surface area contributed by atoms with E-state index in [0.717, 1.165) is 50.3 Å². The molecule has 0 unspecified atom stereocenters. The summed E-state index contributed by atoms with van der Waals surface area (Å²) >= 11 is 0. The molecule has 2 aromatic carbocycles. The van der Waals surface area contributed by atoms with E-state index in [1.807, 2.05) is 11.0 Å². The molecular formula is C23H25NO4. The summed E-state index contributed by atoms with van der Waals surface area (Å²) in [6, 6.07) is 14.8. The second-order valence-corrected chi connectivity index (χ2v) is 8.24. The van der Waals surface area contributed by atoms with Crippen molar-refractivity contribution in [2.24, 2.45) is 0 Å². The van der Waals surface area contributed by atoms with E-state index in [-0.39, 0.29) is 18.1 Å². The number of rotatable bonds is 4. The lowest BCUT2D eigenvalue weighted by atomic mass is 9.74. The zero-order valence-corrected chi connectivity index (χ0v) is 15.9. The molecule has 0 radical (unpaired) electrons. The van der Waals surface area contributed by atoms with Gasteiger partial charge in [-0.25, -0.2) is 0 Å². The van der Waals surface area contributed by atoms with Crippen molar-refractivity contribution in [3.8, 4) is 11.5 Å². The molecule has 0 amide bonds. The number of aryl methyl sites for hydroxylation is 1. The van der Waals surface area contributed by atoms with Crippen molar-refractivity contribution in [2.45, 2.75) is 37.2 Å². The fourth-order valence-corrected chi connectivity index (χ4v) is 4.98. The van der Waals surface area contributed by atoms with Crippen LogP contribution in [0.15, 0.2) is 42.5 Å². The van der Waals surface area contributed by atoms with Crippen molar-refractivity contribution in [2.75, 3.05) is 26.2 Å². The number of carboxylic acids is 1. The molecule has 1 aliphatic carbocycles. The monoisotopic (exact) mass is 379 g/mol. The number of piperidine rings is 1. The average molecular weight is 379 g/mol. The van der Waals surface area contributed by atoms with E-state index < -0.39 is 5.97 Å². The minimum atomic E-state index is -0.755. The first-order valence-corrected chi connectivity index (χ1v) is 10.1. The van der Waals surface area contributed by atoms with Gasteiger partial charge in [0, 0.05) is 17.0 Å². The Hall–Kier alpha value is -2.53. The highest BCUT2D eigenvalue weighted by atomic mass is 16.5. The number of hydrogen-bond donors (Lipinski definition) is 1. The average Bonchev–Trinajstić information content (AvgIpc) is 3.26. The lowest BCUT2D eigenvalue weighted by molar-refractivity contribution is -0.138. The van der Waals surface area contributed by atoms with Gasteiger partial charge in [0.1, 0.15) is 17.6 Å². The van der Waals surface area contributed by atoms with Gasteiger partial charge in [0.25, 0.3) is 0 Å². The van der Waals surface area contributed by atoms with Crippen LogP contribution in [0.5, 0.6) is 11.5 Å². The fraction of sp³-hybridized carbons (Fsp3) is 0.435. The molecule has 2 aliphatic heterocycles. The summed E-state index contributed by atoms with van der Waals surface area (Å²) in [4.78, 5) is 13.0. The third-order valence-corrected chi connectivity index (χ3v) is 6.56. The molecule has 1 fully saturated rings. The Labute approximate surface area is 164 Å². The van der Waals surface area contributed by atoms with Crippen LogP contribution in [0.1, 0.15) is 42.1 Å². The predicted molar refractivity (Wildman–Crippen MR) is 105 cm³/mol. The Bertz CT molecular complexity index is 901. The zero-order valence-electron chi connectivity index (χ0n) is 15.9. The predicted octanol–water partition coefficient (Wildman–Crippen LogP) is 3.56. The van der Waals surface area contributed by atoms with Gasteiger partial charge in [0.2, 0.25) is 0 Å². The highest BCUT2D eigenvalue weighted by Crippen LogP contribution is 2.47. The van der Waals surface area contributed by atoms with Crippen molar-refractivity contribution in [1.82, 2.24) is 4.90 Å². The largest absolute Gasteiger partial charge is 0.492 e. The second-order valence-electron chi connectivity index (χ2n) is 8.24. The van der Waals surface area contributed by atoms with Gasteiger partial charge in [-0.2, -0.15) is 0 Å². The van der Waals surface area contributed by atoms with Gasteiger partial charge in [-0.3, -0.25) is 9.69 Å². The van der Waals surface area contributed by atoms with E-state index in [0.29, 0.717) is 6.61 Å². The smallest absolute Gasteiger partial charge is 0.317 e. The van der Waals surface area contributed by atoms with Crippen LogP contribution in [-0.4, -0.2) is 42.2 Å². The van der Waals surface area contributed by atoms with E-state index in [1.165, 1.54) is 16.7 Å². The minimum Gasteiger partial charge on any atom is -0.492 e. The molecule has 5 nitrogen and oxygen atoms in total. The zero-order chi connectivity index (χ0) is 19.1. The lowest BCUT2D eigenvalue weighted by Gasteiger charge is -2.37. The van der Waals surface area contributed by atoms with E-state index in [1.54, 1.807) is 0 Å². The maximum Gasteiger partial charge on any atom is 0.317 e. The van der Waals surface area contributed by atoms with E-state index >= 15 is 0 Å². The summed E-state index contributed by atoms with van der Waals surface area (Å²) in [6.45, 7) is 2.40. The number of hydrogen-bond acceptors (Lipinski definition) is 4. The molecule has 1 spiro atoms. The van der Waals surface area contributed by atoms with E-state index in [9.17, 15) is 4.79 Å². The van der Waals surface area contributed by atoms with Gasteiger partial charge in [-0.05, 0) is 56.0 Å². The van der Waals surface area contributed by atoms with Gasteiger partial charge < -0.3 is 14.6 Å².